The normalized spacial score (nSPS) is 22.8. The van der Waals surface area contributed by atoms with Crippen LogP contribution >= 0.6 is 0 Å². The Labute approximate surface area is 128 Å². The molecule has 0 N–H and O–H groups in total. The van der Waals surface area contributed by atoms with E-state index in [4.69, 9.17) is 0 Å². The third kappa shape index (κ3) is 4.32. The fourth-order valence-corrected chi connectivity index (χ4v) is 4.38. The second-order valence-electron chi connectivity index (χ2n) is 5.54. The van der Waals surface area contributed by atoms with Crippen LogP contribution in [0.5, 0.6) is 0 Å². The number of hydrogen-bond acceptors (Lipinski definition) is 3. The lowest BCUT2D eigenvalue weighted by Gasteiger charge is -2.37. The predicted octanol–water partition coefficient (Wildman–Crippen LogP) is 0.814. The number of carbonyl (C=O) groups excluding carboxylic acids is 1. The SMILES string of the molecule is O=C(CC(F)(F)F)N1CCN(S(=O)(=O)N2CCCCC2)CC1. The van der Waals surface area contributed by atoms with Crippen LogP contribution in [0.25, 0.3) is 0 Å². The Morgan fingerprint density at radius 2 is 1.36 bits per heavy atom. The van der Waals surface area contributed by atoms with E-state index < -0.39 is 28.7 Å². The molecule has 2 heterocycles. The molecule has 2 saturated heterocycles. The van der Waals surface area contributed by atoms with E-state index in [2.05, 4.69) is 0 Å². The Kier molecular flexibility index (Phi) is 5.33. The van der Waals surface area contributed by atoms with Gasteiger partial charge in [-0.15, -0.1) is 0 Å². The minimum atomic E-state index is -4.53. The zero-order valence-corrected chi connectivity index (χ0v) is 13.0. The molecule has 0 aliphatic carbocycles. The van der Waals surface area contributed by atoms with Crippen LogP contribution in [0, 0.1) is 0 Å². The van der Waals surface area contributed by atoms with E-state index in [0.717, 1.165) is 24.2 Å². The first kappa shape index (κ1) is 17.5. The van der Waals surface area contributed by atoms with E-state index in [-0.39, 0.29) is 26.2 Å². The van der Waals surface area contributed by atoms with E-state index in [1.54, 1.807) is 0 Å². The average Bonchev–Trinajstić information content (AvgIpc) is 2.46. The summed E-state index contributed by atoms with van der Waals surface area (Å²) in [4.78, 5) is 12.6. The van der Waals surface area contributed by atoms with Crippen LogP contribution in [-0.4, -0.2) is 73.3 Å². The van der Waals surface area contributed by atoms with Crippen LogP contribution in [0.4, 0.5) is 13.2 Å². The summed E-state index contributed by atoms with van der Waals surface area (Å²) in [5.41, 5.74) is 0. The van der Waals surface area contributed by atoms with Crippen molar-refractivity contribution in [2.24, 2.45) is 0 Å². The van der Waals surface area contributed by atoms with Crippen molar-refractivity contribution < 1.29 is 26.4 Å². The monoisotopic (exact) mass is 343 g/mol. The van der Waals surface area contributed by atoms with Gasteiger partial charge in [0.25, 0.3) is 10.2 Å². The van der Waals surface area contributed by atoms with Crippen molar-refractivity contribution in [2.75, 3.05) is 39.3 Å². The number of piperazine rings is 1. The summed E-state index contributed by atoms with van der Waals surface area (Å²) in [5.74, 6) is -0.998. The highest BCUT2D eigenvalue weighted by Gasteiger charge is 2.37. The largest absolute Gasteiger partial charge is 0.397 e. The summed E-state index contributed by atoms with van der Waals surface area (Å²) < 4.78 is 64.1. The van der Waals surface area contributed by atoms with Crippen molar-refractivity contribution in [1.82, 2.24) is 13.5 Å². The van der Waals surface area contributed by atoms with Crippen LogP contribution < -0.4 is 0 Å². The Bertz CT molecular complexity index is 495. The molecule has 2 fully saturated rings. The smallest absolute Gasteiger partial charge is 0.340 e. The van der Waals surface area contributed by atoms with Gasteiger partial charge in [0.05, 0.1) is 0 Å². The van der Waals surface area contributed by atoms with Crippen molar-refractivity contribution in [2.45, 2.75) is 31.9 Å². The van der Waals surface area contributed by atoms with Crippen LogP contribution in [0.3, 0.4) is 0 Å². The lowest BCUT2D eigenvalue weighted by molar-refractivity contribution is -0.162. The summed E-state index contributed by atoms with van der Waals surface area (Å²) in [5, 5.41) is 0. The summed E-state index contributed by atoms with van der Waals surface area (Å²) in [6.07, 6.45) is -3.38. The molecule has 22 heavy (non-hydrogen) atoms. The molecule has 0 radical (unpaired) electrons. The van der Waals surface area contributed by atoms with Gasteiger partial charge in [-0.1, -0.05) is 6.42 Å². The minimum Gasteiger partial charge on any atom is -0.340 e. The number of piperidine rings is 1. The number of hydrogen-bond donors (Lipinski definition) is 0. The fraction of sp³-hybridized carbons (Fsp3) is 0.917. The highest BCUT2D eigenvalue weighted by molar-refractivity contribution is 7.86. The molecular formula is C12H20F3N3O3S. The Balaban J connectivity index is 1.90. The summed E-state index contributed by atoms with van der Waals surface area (Å²) >= 11 is 0. The Morgan fingerprint density at radius 3 is 1.86 bits per heavy atom. The summed E-state index contributed by atoms with van der Waals surface area (Å²) in [6.45, 7) is 1.06. The molecule has 2 aliphatic heterocycles. The van der Waals surface area contributed by atoms with Crippen molar-refractivity contribution in [3.05, 3.63) is 0 Å². The fourth-order valence-electron chi connectivity index (χ4n) is 2.71. The van der Waals surface area contributed by atoms with Gasteiger partial charge in [-0.2, -0.15) is 30.2 Å². The maximum absolute atomic E-state index is 12.4. The molecule has 0 aromatic heterocycles. The molecule has 2 rings (SSSR count). The van der Waals surface area contributed by atoms with E-state index in [1.165, 1.54) is 8.61 Å². The molecule has 0 spiro atoms. The van der Waals surface area contributed by atoms with Gasteiger partial charge in [0, 0.05) is 39.3 Å². The Hall–Kier alpha value is -0.870. The third-order valence-corrected chi connectivity index (χ3v) is 5.95. The van der Waals surface area contributed by atoms with Gasteiger partial charge in [-0.3, -0.25) is 4.79 Å². The number of halogens is 3. The second-order valence-corrected chi connectivity index (χ2v) is 7.47. The molecule has 6 nitrogen and oxygen atoms in total. The number of amides is 1. The first-order valence-corrected chi connectivity index (χ1v) is 8.69. The van der Waals surface area contributed by atoms with E-state index >= 15 is 0 Å². The number of alkyl halides is 3. The van der Waals surface area contributed by atoms with Gasteiger partial charge < -0.3 is 4.90 Å². The molecule has 0 aromatic carbocycles. The molecule has 2 aliphatic rings. The molecule has 10 heteroatoms. The lowest BCUT2D eigenvalue weighted by atomic mass is 10.2. The molecule has 0 atom stereocenters. The lowest BCUT2D eigenvalue weighted by Crippen LogP contribution is -2.55. The van der Waals surface area contributed by atoms with Gasteiger partial charge in [0.15, 0.2) is 0 Å². The van der Waals surface area contributed by atoms with E-state index in [1.807, 2.05) is 0 Å². The number of nitrogens with zero attached hydrogens (tertiary/aromatic N) is 3. The van der Waals surface area contributed by atoms with E-state index in [0.29, 0.717) is 13.1 Å². The maximum atomic E-state index is 12.4. The molecule has 0 saturated carbocycles. The molecule has 0 unspecified atom stereocenters. The third-order valence-electron chi connectivity index (χ3n) is 3.91. The first-order chi connectivity index (χ1) is 10.2. The average molecular weight is 343 g/mol. The molecule has 0 bridgehead atoms. The predicted molar refractivity (Wildman–Crippen MR) is 73.2 cm³/mol. The highest BCUT2D eigenvalue weighted by atomic mass is 32.2. The standard InChI is InChI=1S/C12H20F3N3O3S/c13-12(14,15)10-11(19)16-6-8-18(9-7-16)22(20,21)17-4-2-1-3-5-17/h1-10H2. The van der Waals surface area contributed by atoms with Gasteiger partial charge >= 0.3 is 6.18 Å². The van der Waals surface area contributed by atoms with Gasteiger partial charge in [-0.25, -0.2) is 0 Å². The molecule has 0 aromatic rings. The Morgan fingerprint density at radius 1 is 0.864 bits per heavy atom. The quantitative estimate of drug-likeness (QED) is 0.762. The van der Waals surface area contributed by atoms with Crippen LogP contribution in [0.1, 0.15) is 25.7 Å². The second kappa shape index (κ2) is 6.71. The van der Waals surface area contributed by atoms with Crippen LogP contribution in [0.15, 0.2) is 0 Å². The molecule has 1 amide bonds. The summed E-state index contributed by atoms with van der Waals surface area (Å²) in [6, 6.07) is 0. The number of rotatable bonds is 3. The minimum absolute atomic E-state index is 0.00197. The van der Waals surface area contributed by atoms with E-state index in [9.17, 15) is 26.4 Å². The van der Waals surface area contributed by atoms with Gasteiger partial charge in [0.1, 0.15) is 6.42 Å². The van der Waals surface area contributed by atoms with Crippen molar-refractivity contribution in [3.8, 4) is 0 Å². The first-order valence-electron chi connectivity index (χ1n) is 7.30. The maximum Gasteiger partial charge on any atom is 0.397 e. The summed E-state index contributed by atoms with van der Waals surface area (Å²) in [7, 11) is -3.56. The number of carbonyl (C=O) groups is 1. The molecular weight excluding hydrogens is 323 g/mol. The zero-order valence-electron chi connectivity index (χ0n) is 12.2. The van der Waals surface area contributed by atoms with Crippen molar-refractivity contribution in [1.29, 1.82) is 0 Å². The highest BCUT2D eigenvalue weighted by Crippen LogP contribution is 2.22. The topological polar surface area (TPSA) is 60.9 Å². The van der Waals surface area contributed by atoms with Crippen LogP contribution in [-0.2, 0) is 15.0 Å². The zero-order chi connectivity index (χ0) is 16.4. The molecule has 128 valence electrons. The van der Waals surface area contributed by atoms with Gasteiger partial charge in [-0.05, 0) is 12.8 Å². The van der Waals surface area contributed by atoms with Gasteiger partial charge in [0.2, 0.25) is 5.91 Å². The van der Waals surface area contributed by atoms with Crippen molar-refractivity contribution in [3.63, 3.8) is 0 Å². The van der Waals surface area contributed by atoms with Crippen LogP contribution in [0.2, 0.25) is 0 Å². The van der Waals surface area contributed by atoms with Crippen molar-refractivity contribution >= 4 is 16.1 Å².